The van der Waals surface area contributed by atoms with Crippen molar-refractivity contribution in [3.63, 3.8) is 0 Å². The molecule has 0 unspecified atom stereocenters. The number of hydrogen-bond acceptors (Lipinski definition) is 5. The predicted octanol–water partition coefficient (Wildman–Crippen LogP) is 5.73. The highest BCUT2D eigenvalue weighted by molar-refractivity contribution is 5.12. The molecule has 0 radical (unpaired) electrons. The van der Waals surface area contributed by atoms with Crippen molar-refractivity contribution in [3.05, 3.63) is 0 Å². The molecule has 4 fully saturated rings. The molecule has 4 aliphatic rings. The van der Waals surface area contributed by atoms with Crippen molar-refractivity contribution in [2.75, 3.05) is 26.2 Å². The normalized spacial score (nSPS) is 41.6. The molecule has 0 aliphatic heterocycles. The van der Waals surface area contributed by atoms with Gasteiger partial charge in [-0.15, -0.1) is 0 Å². The van der Waals surface area contributed by atoms with Crippen molar-refractivity contribution in [1.82, 2.24) is 10.6 Å². The van der Waals surface area contributed by atoms with Crippen LogP contribution < -0.4 is 16.4 Å². The van der Waals surface area contributed by atoms with E-state index in [1.165, 1.54) is 57.8 Å². The first kappa shape index (κ1) is 31.7. The molecule has 0 saturated heterocycles. The topological polar surface area (TPSA) is 90.5 Å². The van der Waals surface area contributed by atoms with Crippen molar-refractivity contribution in [2.24, 2.45) is 58.0 Å². The van der Waals surface area contributed by atoms with Gasteiger partial charge in [-0.05, 0) is 162 Å². The van der Waals surface area contributed by atoms with E-state index in [9.17, 15) is 10.2 Å². The van der Waals surface area contributed by atoms with Crippen molar-refractivity contribution >= 4 is 0 Å². The predicted molar refractivity (Wildman–Crippen MR) is 163 cm³/mol. The number of fused-ring (bicyclic) bond motifs is 5. The molecule has 4 rings (SSSR count). The van der Waals surface area contributed by atoms with Crippen LogP contribution in [0.3, 0.4) is 0 Å². The summed E-state index contributed by atoms with van der Waals surface area (Å²) in [6.07, 6.45) is 15.5. The highest BCUT2D eigenvalue weighted by Gasteiger charge is 2.62. The van der Waals surface area contributed by atoms with Gasteiger partial charge in [0.25, 0.3) is 0 Å². The smallest absolute Gasteiger partial charge is 0.0577 e. The summed E-state index contributed by atoms with van der Waals surface area (Å²) in [6, 6.07) is 0.621. The van der Waals surface area contributed by atoms with Gasteiger partial charge >= 0.3 is 0 Å². The van der Waals surface area contributed by atoms with Gasteiger partial charge in [0, 0.05) is 6.04 Å². The second-order valence-electron chi connectivity index (χ2n) is 15.4. The molecule has 0 aromatic carbocycles. The second-order valence-corrected chi connectivity index (χ2v) is 15.4. The molecule has 4 saturated carbocycles. The lowest BCUT2D eigenvalue weighted by molar-refractivity contribution is -0.167. The average Bonchev–Trinajstić information content (AvgIpc) is 3.26. The van der Waals surface area contributed by atoms with Gasteiger partial charge in [-0.25, -0.2) is 0 Å². The second kappa shape index (κ2) is 13.8. The third-order valence-electron chi connectivity index (χ3n) is 12.9. The summed E-state index contributed by atoms with van der Waals surface area (Å²) in [7, 11) is 0. The molecule has 5 nitrogen and oxygen atoms in total. The maximum absolute atomic E-state index is 11.7. The summed E-state index contributed by atoms with van der Waals surface area (Å²) in [4.78, 5) is 0. The molecule has 228 valence electrons. The van der Waals surface area contributed by atoms with E-state index >= 15 is 0 Å². The Balaban J connectivity index is 1.30. The third kappa shape index (κ3) is 6.90. The van der Waals surface area contributed by atoms with Crippen LogP contribution in [-0.2, 0) is 0 Å². The SMILES string of the molecule is CC(C)[C@H](O)CC[C@@H](C)[C@H]1CC[C@H]2[C@@H]3[C@H](O)C[C@H]4C[C@@H](NCCCNCCCCN)CC[C@]4(C)[C@H]3CC[C@]12C. The van der Waals surface area contributed by atoms with Gasteiger partial charge in [0.15, 0.2) is 0 Å². The first-order chi connectivity index (χ1) is 18.6. The van der Waals surface area contributed by atoms with E-state index in [4.69, 9.17) is 5.73 Å². The summed E-state index contributed by atoms with van der Waals surface area (Å²) < 4.78 is 0. The van der Waals surface area contributed by atoms with Gasteiger partial charge in [0.1, 0.15) is 0 Å². The van der Waals surface area contributed by atoms with Crippen LogP contribution in [0.2, 0.25) is 0 Å². The lowest BCUT2D eigenvalue weighted by Crippen LogP contribution is -2.59. The molecule has 0 heterocycles. The zero-order valence-corrected chi connectivity index (χ0v) is 26.3. The quantitative estimate of drug-likeness (QED) is 0.179. The fourth-order valence-electron chi connectivity index (χ4n) is 10.4. The zero-order chi connectivity index (χ0) is 28.2. The minimum absolute atomic E-state index is 0.119. The van der Waals surface area contributed by atoms with E-state index in [0.29, 0.717) is 52.4 Å². The van der Waals surface area contributed by atoms with E-state index in [-0.39, 0.29) is 12.2 Å². The molecule has 0 bridgehead atoms. The number of aliphatic hydroxyl groups excluding tert-OH is 2. The molecular formula is C34H65N3O2. The Kier molecular flexibility index (Phi) is 11.3. The van der Waals surface area contributed by atoms with E-state index in [1.54, 1.807) is 0 Å². The van der Waals surface area contributed by atoms with Gasteiger partial charge in [-0.1, -0.05) is 34.6 Å². The molecule has 0 aromatic heterocycles. The molecule has 4 aliphatic carbocycles. The molecule has 39 heavy (non-hydrogen) atoms. The van der Waals surface area contributed by atoms with Crippen molar-refractivity contribution in [3.8, 4) is 0 Å². The van der Waals surface area contributed by atoms with E-state index in [2.05, 4.69) is 45.3 Å². The summed E-state index contributed by atoms with van der Waals surface area (Å²) in [5.74, 6) is 4.29. The van der Waals surface area contributed by atoms with Gasteiger partial charge in [0.05, 0.1) is 12.2 Å². The standard InChI is InChI=1S/C34H65N3O2/c1-23(2)30(38)12-9-24(3)27-10-11-28-32-29(14-16-34(27,28)5)33(4)15-13-26(21-25(33)22-31(32)39)37-20-8-19-36-18-7-6-17-35/h23-32,36-39H,6-22,35H2,1-5H3/t24-,25-,26+,27-,28+,29+,30-,31-,32+,33+,34-/m1/s1. The first-order valence-electron chi connectivity index (χ1n) is 17.1. The summed E-state index contributed by atoms with van der Waals surface area (Å²) >= 11 is 0. The van der Waals surface area contributed by atoms with Gasteiger partial charge < -0.3 is 26.6 Å². The Morgan fingerprint density at radius 3 is 2.31 bits per heavy atom. The van der Waals surface area contributed by atoms with Crippen molar-refractivity contribution < 1.29 is 10.2 Å². The van der Waals surface area contributed by atoms with E-state index < -0.39 is 0 Å². The fraction of sp³-hybridized carbons (Fsp3) is 1.00. The summed E-state index contributed by atoms with van der Waals surface area (Å²) in [6.45, 7) is 16.0. The van der Waals surface area contributed by atoms with Crippen LogP contribution >= 0.6 is 0 Å². The van der Waals surface area contributed by atoms with Crippen LogP contribution in [0.4, 0.5) is 0 Å². The maximum Gasteiger partial charge on any atom is 0.0577 e. The number of hydrogen-bond donors (Lipinski definition) is 5. The van der Waals surface area contributed by atoms with Crippen LogP contribution in [0, 0.1) is 52.3 Å². The Bertz CT molecular complexity index is 748. The lowest BCUT2D eigenvalue weighted by atomic mass is 9.43. The van der Waals surface area contributed by atoms with Crippen molar-refractivity contribution in [2.45, 2.75) is 136 Å². The van der Waals surface area contributed by atoms with Gasteiger partial charge in [-0.3, -0.25) is 0 Å². The highest BCUT2D eigenvalue weighted by Crippen LogP contribution is 2.68. The molecule has 0 aromatic rings. The first-order valence-corrected chi connectivity index (χ1v) is 17.1. The minimum atomic E-state index is -0.169. The molecule has 11 atom stereocenters. The molecule has 0 spiro atoms. The molecule has 6 N–H and O–H groups in total. The number of unbranched alkanes of at least 4 members (excludes halogenated alkanes) is 1. The number of rotatable bonds is 14. The maximum atomic E-state index is 11.7. The monoisotopic (exact) mass is 548 g/mol. The van der Waals surface area contributed by atoms with Crippen LogP contribution in [0.5, 0.6) is 0 Å². The Hall–Kier alpha value is -0.200. The van der Waals surface area contributed by atoms with Gasteiger partial charge in [0.2, 0.25) is 0 Å². The summed E-state index contributed by atoms with van der Waals surface area (Å²) in [5, 5.41) is 29.6. The van der Waals surface area contributed by atoms with E-state index in [0.717, 1.165) is 57.8 Å². The lowest BCUT2D eigenvalue weighted by Gasteiger charge is -2.62. The molecular weight excluding hydrogens is 482 g/mol. The van der Waals surface area contributed by atoms with Crippen LogP contribution in [0.1, 0.15) is 118 Å². The zero-order valence-electron chi connectivity index (χ0n) is 26.3. The Labute approximate surface area is 241 Å². The number of nitrogens with two attached hydrogens (primary N) is 1. The van der Waals surface area contributed by atoms with Gasteiger partial charge in [-0.2, -0.15) is 0 Å². The van der Waals surface area contributed by atoms with Crippen molar-refractivity contribution in [1.29, 1.82) is 0 Å². The number of nitrogens with one attached hydrogen (secondary N) is 2. The molecule has 0 amide bonds. The summed E-state index contributed by atoms with van der Waals surface area (Å²) in [5.41, 5.74) is 6.35. The van der Waals surface area contributed by atoms with Crippen LogP contribution in [0.15, 0.2) is 0 Å². The highest BCUT2D eigenvalue weighted by atomic mass is 16.3. The Morgan fingerprint density at radius 2 is 1.56 bits per heavy atom. The fourth-order valence-corrected chi connectivity index (χ4v) is 10.4. The average molecular weight is 548 g/mol. The number of aliphatic hydroxyl groups is 2. The van der Waals surface area contributed by atoms with Crippen LogP contribution in [0.25, 0.3) is 0 Å². The van der Waals surface area contributed by atoms with Crippen LogP contribution in [-0.4, -0.2) is 54.6 Å². The third-order valence-corrected chi connectivity index (χ3v) is 12.9. The molecule has 5 heteroatoms. The Morgan fingerprint density at radius 1 is 0.846 bits per heavy atom. The largest absolute Gasteiger partial charge is 0.393 e. The minimum Gasteiger partial charge on any atom is -0.393 e. The van der Waals surface area contributed by atoms with E-state index in [1.807, 2.05) is 0 Å².